The summed E-state index contributed by atoms with van der Waals surface area (Å²) in [5.41, 5.74) is 3.19. The van der Waals surface area contributed by atoms with Crippen molar-refractivity contribution in [2.75, 3.05) is 5.32 Å². The van der Waals surface area contributed by atoms with Crippen molar-refractivity contribution in [2.45, 2.75) is 20.8 Å². The molecule has 0 aliphatic rings. The van der Waals surface area contributed by atoms with Gasteiger partial charge in [-0.05, 0) is 49.6 Å². The van der Waals surface area contributed by atoms with E-state index in [-0.39, 0.29) is 5.69 Å². The van der Waals surface area contributed by atoms with Crippen molar-refractivity contribution in [2.24, 2.45) is 0 Å². The molecule has 0 bridgehead atoms. The lowest BCUT2D eigenvalue weighted by Crippen LogP contribution is -2.25. The molecule has 0 spiro atoms. The molecule has 3 aromatic rings. The average molecular weight is 349 g/mol. The first-order valence-electron chi connectivity index (χ1n) is 8.15. The number of anilines is 1. The van der Waals surface area contributed by atoms with Crippen LogP contribution in [0.1, 0.15) is 27.2 Å². The van der Waals surface area contributed by atoms with E-state index in [1.807, 2.05) is 45.0 Å². The summed E-state index contributed by atoms with van der Waals surface area (Å²) < 4.78 is 1.10. The highest BCUT2D eigenvalue weighted by atomic mass is 16.3. The lowest BCUT2D eigenvalue weighted by Gasteiger charge is -2.13. The van der Waals surface area contributed by atoms with E-state index in [9.17, 15) is 14.7 Å². The first-order chi connectivity index (χ1) is 12.4. The Bertz CT molecular complexity index is 1030. The second-order valence-electron chi connectivity index (χ2n) is 6.19. The summed E-state index contributed by atoms with van der Waals surface area (Å²) in [6.07, 6.45) is 0. The zero-order valence-corrected chi connectivity index (χ0v) is 14.8. The third-order valence-corrected chi connectivity index (χ3v) is 4.09. The first-order valence-corrected chi connectivity index (χ1v) is 8.15. The van der Waals surface area contributed by atoms with Gasteiger partial charge in [0.1, 0.15) is 0 Å². The minimum Gasteiger partial charge on any atom is -0.505 e. The summed E-state index contributed by atoms with van der Waals surface area (Å²) in [6, 6.07) is 13.8. The molecular weight excluding hydrogens is 330 g/mol. The molecule has 6 heteroatoms. The van der Waals surface area contributed by atoms with Crippen molar-refractivity contribution in [1.29, 1.82) is 0 Å². The van der Waals surface area contributed by atoms with Crippen LogP contribution < -0.4 is 10.9 Å². The molecule has 0 saturated carbocycles. The Morgan fingerprint density at radius 1 is 1.04 bits per heavy atom. The lowest BCUT2D eigenvalue weighted by molar-refractivity contribution is 0.101. The fourth-order valence-corrected chi connectivity index (χ4v) is 2.74. The number of carbonyl (C=O) groups excluding carboxylic acids is 1. The molecule has 0 radical (unpaired) electrons. The van der Waals surface area contributed by atoms with Crippen LogP contribution in [0.15, 0.2) is 53.3 Å². The summed E-state index contributed by atoms with van der Waals surface area (Å²) in [7, 11) is 0. The molecular formula is C20H19N3O3. The highest BCUT2D eigenvalue weighted by molar-refractivity contribution is 6.05. The van der Waals surface area contributed by atoms with Gasteiger partial charge in [0.25, 0.3) is 11.5 Å². The van der Waals surface area contributed by atoms with Gasteiger partial charge in [-0.15, -0.1) is 0 Å². The quantitative estimate of drug-likeness (QED) is 0.761. The molecule has 0 atom stereocenters. The number of nitrogens with one attached hydrogen (secondary N) is 1. The number of benzene rings is 2. The van der Waals surface area contributed by atoms with E-state index in [1.54, 1.807) is 18.2 Å². The molecule has 26 heavy (non-hydrogen) atoms. The summed E-state index contributed by atoms with van der Waals surface area (Å²) in [5, 5.41) is 16.9. The van der Waals surface area contributed by atoms with E-state index in [1.165, 1.54) is 0 Å². The molecule has 2 aromatic carbocycles. The van der Waals surface area contributed by atoms with Crippen LogP contribution in [0.3, 0.4) is 0 Å². The number of hydrogen-bond acceptors (Lipinski definition) is 4. The third-order valence-electron chi connectivity index (χ3n) is 4.09. The Kier molecular flexibility index (Phi) is 4.58. The van der Waals surface area contributed by atoms with E-state index in [0.29, 0.717) is 11.4 Å². The number of aromatic nitrogens is 2. The van der Waals surface area contributed by atoms with Crippen LogP contribution in [0.2, 0.25) is 0 Å². The van der Waals surface area contributed by atoms with Crippen LogP contribution in [0.5, 0.6) is 5.75 Å². The number of aryl methyl sites for hydroxylation is 3. The van der Waals surface area contributed by atoms with Gasteiger partial charge in [-0.2, -0.15) is 9.78 Å². The fraction of sp³-hybridized carbons (Fsp3) is 0.150. The molecule has 3 rings (SSSR count). The monoisotopic (exact) mass is 349 g/mol. The number of nitrogens with zero attached hydrogens (tertiary/aromatic N) is 2. The van der Waals surface area contributed by atoms with Crippen molar-refractivity contribution < 1.29 is 9.90 Å². The Hall–Kier alpha value is -3.41. The SMILES string of the molecule is Cc1cccc(-n2nc(C(=O)Nc3c(C)cccc3C)c(O)cc2=O)c1. The molecule has 0 fully saturated rings. The van der Waals surface area contributed by atoms with Gasteiger partial charge in [-0.25, -0.2) is 0 Å². The Balaban J connectivity index is 2.04. The largest absolute Gasteiger partial charge is 0.505 e. The molecule has 1 amide bonds. The van der Waals surface area contributed by atoms with Gasteiger partial charge in [0.15, 0.2) is 11.4 Å². The molecule has 1 aromatic heterocycles. The maximum atomic E-state index is 12.7. The smallest absolute Gasteiger partial charge is 0.280 e. The van der Waals surface area contributed by atoms with Crippen molar-refractivity contribution in [3.05, 3.63) is 81.3 Å². The number of rotatable bonds is 3. The number of carbonyl (C=O) groups is 1. The Morgan fingerprint density at radius 3 is 2.35 bits per heavy atom. The van der Waals surface area contributed by atoms with E-state index in [4.69, 9.17) is 0 Å². The van der Waals surface area contributed by atoms with Gasteiger partial charge in [0, 0.05) is 11.8 Å². The highest BCUT2D eigenvalue weighted by Gasteiger charge is 2.18. The van der Waals surface area contributed by atoms with Crippen LogP contribution in [0, 0.1) is 20.8 Å². The van der Waals surface area contributed by atoms with Gasteiger partial charge in [0.2, 0.25) is 0 Å². The zero-order chi connectivity index (χ0) is 18.8. The van der Waals surface area contributed by atoms with Gasteiger partial charge in [-0.3, -0.25) is 9.59 Å². The Labute approximate surface area is 150 Å². The van der Waals surface area contributed by atoms with E-state index < -0.39 is 17.2 Å². The first kappa shape index (κ1) is 17.4. The molecule has 0 unspecified atom stereocenters. The molecule has 0 aliphatic carbocycles. The molecule has 0 aliphatic heterocycles. The van der Waals surface area contributed by atoms with E-state index in [0.717, 1.165) is 27.4 Å². The van der Waals surface area contributed by atoms with Crippen molar-refractivity contribution in [3.8, 4) is 11.4 Å². The predicted octanol–water partition coefficient (Wildman–Crippen LogP) is 3.12. The number of para-hydroxylation sites is 1. The second kappa shape index (κ2) is 6.84. The molecule has 6 nitrogen and oxygen atoms in total. The highest BCUT2D eigenvalue weighted by Crippen LogP contribution is 2.21. The fourth-order valence-electron chi connectivity index (χ4n) is 2.74. The van der Waals surface area contributed by atoms with Crippen LogP contribution in [0.4, 0.5) is 5.69 Å². The van der Waals surface area contributed by atoms with Crippen LogP contribution >= 0.6 is 0 Å². The Morgan fingerprint density at radius 2 is 1.69 bits per heavy atom. The number of amides is 1. The average Bonchev–Trinajstić information content (AvgIpc) is 2.58. The second-order valence-corrected chi connectivity index (χ2v) is 6.19. The molecule has 2 N–H and O–H groups in total. The minimum atomic E-state index is -0.582. The maximum absolute atomic E-state index is 12.7. The van der Waals surface area contributed by atoms with Crippen LogP contribution in [-0.4, -0.2) is 20.8 Å². The number of aromatic hydroxyl groups is 1. The normalized spacial score (nSPS) is 10.6. The predicted molar refractivity (Wildman–Crippen MR) is 100 cm³/mol. The third kappa shape index (κ3) is 3.35. The van der Waals surface area contributed by atoms with E-state index in [2.05, 4.69) is 10.4 Å². The minimum absolute atomic E-state index is 0.214. The van der Waals surface area contributed by atoms with Crippen LogP contribution in [-0.2, 0) is 0 Å². The van der Waals surface area contributed by atoms with Gasteiger partial charge >= 0.3 is 0 Å². The molecule has 1 heterocycles. The summed E-state index contributed by atoms with van der Waals surface area (Å²) >= 11 is 0. The van der Waals surface area contributed by atoms with Crippen molar-refractivity contribution in [1.82, 2.24) is 9.78 Å². The lowest BCUT2D eigenvalue weighted by atomic mass is 10.1. The van der Waals surface area contributed by atoms with Gasteiger partial charge in [-0.1, -0.05) is 30.3 Å². The number of hydrogen-bond donors (Lipinski definition) is 2. The van der Waals surface area contributed by atoms with Crippen LogP contribution in [0.25, 0.3) is 5.69 Å². The maximum Gasteiger partial charge on any atom is 0.280 e. The van der Waals surface area contributed by atoms with Gasteiger partial charge < -0.3 is 10.4 Å². The zero-order valence-electron chi connectivity index (χ0n) is 14.8. The topological polar surface area (TPSA) is 84.2 Å². The molecule has 132 valence electrons. The summed E-state index contributed by atoms with van der Waals surface area (Å²) in [5.74, 6) is -1.04. The van der Waals surface area contributed by atoms with Crippen molar-refractivity contribution >= 4 is 11.6 Å². The van der Waals surface area contributed by atoms with Crippen molar-refractivity contribution in [3.63, 3.8) is 0 Å². The standard InChI is InChI=1S/C20H19N3O3/c1-12-6-4-9-15(10-12)23-17(25)11-16(24)19(22-23)20(26)21-18-13(2)7-5-8-14(18)3/h4-11,24H,1-3H3,(H,21,26). The van der Waals surface area contributed by atoms with Gasteiger partial charge in [0.05, 0.1) is 5.69 Å². The van der Waals surface area contributed by atoms with E-state index >= 15 is 0 Å². The summed E-state index contributed by atoms with van der Waals surface area (Å²) in [6.45, 7) is 5.65. The summed E-state index contributed by atoms with van der Waals surface area (Å²) in [4.78, 5) is 24.9. The molecule has 0 saturated heterocycles.